The maximum Gasteiger partial charge on any atom is 0.155 e. The summed E-state index contributed by atoms with van der Waals surface area (Å²) >= 11 is 0. The summed E-state index contributed by atoms with van der Waals surface area (Å²) in [5.41, 5.74) is 19.4. The zero-order chi connectivity index (χ0) is 76.7. The number of aliphatic hydroxyl groups is 4. The minimum atomic E-state index is -0.125. The average molecular weight is 2170 g/mol. The largest absolute Gasteiger partial charge is 0.512 e. The maximum atomic E-state index is 10.0. The van der Waals surface area contributed by atoms with E-state index in [0.29, 0.717) is 0 Å². The second-order valence-corrected chi connectivity index (χ2v) is 25.0. The van der Waals surface area contributed by atoms with Crippen LogP contribution in [-0.2, 0) is 99.6 Å². The standard InChI is InChI=1S/C23H18N.C19H12N.C17H14N.C15H10N.4C5H8O2.4Ir/c1-16-12-17(2)14-21(13-16)23-11-9-20-15-19(8-10-22(20)24-23)18-6-4-3-5-7-18;1-2-7-16-13-17(10-9-14(16)5-1)19-12-11-15-6-3-4-8-18(15)20-19;1-12-9-13(2)11-15(10-12)17-8-7-14-5-3-4-6-16(14)18-17;1-2-6-12(7-3-1)15-11-10-13-8-4-5-9-14(13)16-15;4*1-4(6)3-5(2)7;;;;/h3-13,15H,1-2H3;1-9,11-13H;3-10H,1-2H3;1-6,8-11H;4*3,6H,1-2H3;;;;/q4*-1;;;;;;;;. The van der Waals surface area contributed by atoms with E-state index in [-0.39, 0.29) is 127 Å². The van der Waals surface area contributed by atoms with E-state index in [1.165, 1.54) is 123 Å². The van der Waals surface area contributed by atoms with Gasteiger partial charge in [0.1, 0.15) is 0 Å². The van der Waals surface area contributed by atoms with E-state index in [1.54, 1.807) is 0 Å². The van der Waals surface area contributed by atoms with Gasteiger partial charge in [-0.05, 0) is 141 Å². The molecule has 0 aliphatic heterocycles. The van der Waals surface area contributed by atoms with Crippen LogP contribution < -0.4 is 0 Å². The van der Waals surface area contributed by atoms with Gasteiger partial charge in [0.15, 0.2) is 23.1 Å². The molecule has 10 aromatic carbocycles. The number of aromatic nitrogens is 4. The minimum absolute atomic E-state index is 0. The van der Waals surface area contributed by atoms with Gasteiger partial charge in [0, 0.05) is 105 Å². The summed E-state index contributed by atoms with van der Waals surface area (Å²) in [6.45, 7) is 19.7. The van der Waals surface area contributed by atoms with Gasteiger partial charge in [-0.25, -0.2) is 0 Å². The number of rotatable bonds is 9. The van der Waals surface area contributed by atoms with Crippen molar-refractivity contribution in [2.24, 2.45) is 0 Å². The zero-order valence-electron chi connectivity index (χ0n) is 63.1. The first-order valence-corrected chi connectivity index (χ1v) is 34.2. The normalized spacial score (nSPS) is 10.6. The fourth-order valence-electron chi connectivity index (χ4n) is 10.8. The van der Waals surface area contributed by atoms with Crippen LogP contribution in [-0.4, -0.2) is 63.5 Å². The molecule has 4 aromatic heterocycles. The Bertz CT molecular complexity index is 5250. The van der Waals surface area contributed by atoms with Gasteiger partial charge in [-0.15, -0.1) is 135 Å². The number of benzene rings is 10. The third-order valence-electron chi connectivity index (χ3n) is 15.0. The summed E-state index contributed by atoms with van der Waals surface area (Å²) in [5.74, 6) is -0.250. The number of hydrogen-bond acceptors (Lipinski definition) is 12. The molecule has 0 saturated heterocycles. The van der Waals surface area contributed by atoms with Gasteiger partial charge in [-0.2, -0.15) is 0 Å². The topological polar surface area (TPSA) is 201 Å². The third-order valence-corrected chi connectivity index (χ3v) is 15.0. The van der Waals surface area contributed by atoms with E-state index < -0.39 is 0 Å². The predicted molar refractivity (Wildman–Crippen MR) is 434 cm³/mol. The first-order chi connectivity index (χ1) is 50.7. The number of para-hydroxylation sites is 3. The van der Waals surface area contributed by atoms with E-state index in [2.05, 4.69) is 209 Å². The molecule has 0 aliphatic rings. The smallest absolute Gasteiger partial charge is 0.155 e. The molecule has 110 heavy (non-hydrogen) atoms. The number of pyridine rings is 4. The molecule has 0 saturated carbocycles. The molecule has 4 heterocycles. The Morgan fingerprint density at radius 2 is 0.627 bits per heavy atom. The SMILES string of the molecule is CC(=O)C=C(C)O.CC(=O)C=C(C)O.CC(=O)C=C(C)O.CC(=O)C=C(C)O.Cc1[c-]c(-c2ccc3cc(-c4ccccc4)ccc3n2)cc(C)c1.Cc1[c-]c(-c2ccc3ccccc3n2)cc(C)c1.[Ir].[Ir].[Ir].[Ir].[c-]1cc2ccccc2cc1-c1ccc2ccccc2n1.[c-]1ccccc1-c1ccc2ccccc2n1. The Labute approximate surface area is 699 Å². The molecule has 0 aliphatic carbocycles. The van der Waals surface area contributed by atoms with Gasteiger partial charge in [0.2, 0.25) is 0 Å². The summed E-state index contributed by atoms with van der Waals surface area (Å²) in [6.07, 6.45) is 4.67. The van der Waals surface area contributed by atoms with Gasteiger partial charge in [-0.1, -0.05) is 197 Å². The number of nitrogens with zero attached hydrogens (tertiary/aromatic N) is 4. The van der Waals surface area contributed by atoms with Crippen LogP contribution in [0.25, 0.3) is 111 Å². The van der Waals surface area contributed by atoms with Crippen LogP contribution in [0.5, 0.6) is 0 Å². The first-order valence-electron chi connectivity index (χ1n) is 34.2. The molecule has 4 N–H and O–H groups in total. The first kappa shape index (κ1) is 93.7. The summed E-state index contributed by atoms with van der Waals surface area (Å²) in [4.78, 5) is 58.9. The number of allylic oxidation sites excluding steroid dienone is 8. The van der Waals surface area contributed by atoms with Crippen molar-refractivity contribution in [3.63, 3.8) is 0 Å². The molecule has 570 valence electrons. The van der Waals surface area contributed by atoms with Gasteiger partial charge in [0.25, 0.3) is 0 Å². The van der Waals surface area contributed by atoms with Gasteiger partial charge >= 0.3 is 0 Å². The monoisotopic (exact) mass is 2170 g/mol. The fraction of sp³-hybridized carbons (Fsp3) is 0.128. The van der Waals surface area contributed by atoms with Crippen LogP contribution >= 0.6 is 0 Å². The Hall–Kier alpha value is -10.5. The van der Waals surface area contributed by atoms with Crippen molar-refractivity contribution in [2.75, 3.05) is 0 Å². The van der Waals surface area contributed by atoms with Crippen molar-refractivity contribution in [1.29, 1.82) is 0 Å². The minimum Gasteiger partial charge on any atom is -0.512 e. The van der Waals surface area contributed by atoms with Crippen molar-refractivity contribution in [3.8, 4) is 56.2 Å². The molecule has 16 heteroatoms. The molecule has 14 rings (SSSR count). The number of aryl methyl sites for hydroxylation is 4. The Balaban J connectivity index is 0.000000339. The van der Waals surface area contributed by atoms with Crippen molar-refractivity contribution >= 4 is 77.5 Å². The van der Waals surface area contributed by atoms with E-state index in [4.69, 9.17) is 35.4 Å². The van der Waals surface area contributed by atoms with Crippen molar-refractivity contribution in [3.05, 3.63) is 349 Å². The summed E-state index contributed by atoms with van der Waals surface area (Å²) < 4.78 is 0. The number of ketones is 4. The molecule has 12 nitrogen and oxygen atoms in total. The molecular weight excluding hydrogens is 2080 g/mol. The van der Waals surface area contributed by atoms with Crippen molar-refractivity contribution in [1.82, 2.24) is 19.9 Å². The average Bonchev–Trinajstić information content (AvgIpc) is 0.811. The molecular formula is C94H86Ir4N4O8-4. The summed E-state index contributed by atoms with van der Waals surface area (Å²) in [6, 6.07) is 100. The maximum absolute atomic E-state index is 10.0. The number of carbonyl (C=O) groups is 4. The summed E-state index contributed by atoms with van der Waals surface area (Å²) in [5, 5.41) is 40.5. The Kier molecular flexibility index (Phi) is 41.0. The van der Waals surface area contributed by atoms with Crippen LogP contribution in [0, 0.1) is 52.0 Å². The van der Waals surface area contributed by atoms with Crippen molar-refractivity contribution < 1.29 is 120 Å². The second-order valence-electron chi connectivity index (χ2n) is 25.0. The predicted octanol–water partition coefficient (Wildman–Crippen LogP) is 23.0. The van der Waals surface area contributed by atoms with E-state index >= 15 is 0 Å². The van der Waals surface area contributed by atoms with Crippen LogP contribution in [0.2, 0.25) is 0 Å². The van der Waals surface area contributed by atoms with Crippen LogP contribution in [0.3, 0.4) is 0 Å². The van der Waals surface area contributed by atoms with E-state index in [1.807, 2.05) is 103 Å². The quantitative estimate of drug-likeness (QED) is 0.0606. The van der Waals surface area contributed by atoms with E-state index in [0.717, 1.165) is 89.0 Å². The molecule has 0 spiro atoms. The molecule has 0 bridgehead atoms. The summed E-state index contributed by atoms with van der Waals surface area (Å²) in [7, 11) is 0. The van der Waals surface area contributed by atoms with Crippen molar-refractivity contribution in [2.45, 2.75) is 83.1 Å². The Morgan fingerprint density at radius 3 is 0.991 bits per heavy atom. The zero-order valence-corrected chi connectivity index (χ0v) is 72.7. The van der Waals surface area contributed by atoms with Crippen LogP contribution in [0.4, 0.5) is 0 Å². The molecule has 14 aromatic rings. The van der Waals surface area contributed by atoms with Crippen LogP contribution in [0.15, 0.2) is 302 Å². The number of carbonyl (C=O) groups excluding carboxylic acids is 4. The number of fused-ring (bicyclic) bond motifs is 5. The van der Waals surface area contributed by atoms with Gasteiger partial charge in [-0.3, -0.25) is 39.1 Å². The van der Waals surface area contributed by atoms with Crippen LogP contribution in [0.1, 0.15) is 77.6 Å². The molecule has 0 fully saturated rings. The third kappa shape index (κ3) is 32.4. The second kappa shape index (κ2) is 48.1. The fourth-order valence-corrected chi connectivity index (χ4v) is 10.8. The molecule has 4 radical (unpaired) electrons. The molecule has 0 atom stereocenters. The van der Waals surface area contributed by atoms with E-state index in [9.17, 15) is 19.2 Å². The number of hydrogen-bond donors (Lipinski definition) is 4. The van der Waals surface area contributed by atoms with Gasteiger partial charge in [0.05, 0.1) is 45.1 Å². The van der Waals surface area contributed by atoms with Gasteiger partial charge < -0.3 is 20.4 Å². The number of aliphatic hydroxyl groups excluding tert-OH is 4. The molecule has 0 amide bonds. The molecule has 0 unspecified atom stereocenters. The Morgan fingerprint density at radius 1 is 0.291 bits per heavy atom.